The molecule has 0 atom stereocenters. The first kappa shape index (κ1) is 19.9. The van der Waals surface area contributed by atoms with Crippen molar-refractivity contribution in [3.05, 3.63) is 36.3 Å². The number of methoxy groups -OCH3 is 1. The smallest absolute Gasteiger partial charge is 0.146 e. The van der Waals surface area contributed by atoms with Gasteiger partial charge in [0, 0.05) is 22.7 Å². The molecule has 0 amide bonds. The summed E-state index contributed by atoms with van der Waals surface area (Å²) in [5.74, 6) is 1.45. The number of hydrogen-bond donors (Lipinski definition) is 2. The summed E-state index contributed by atoms with van der Waals surface area (Å²) < 4.78 is 9.07. The van der Waals surface area contributed by atoms with E-state index in [1.807, 2.05) is 0 Å². The minimum Gasteiger partial charge on any atom is -0.495 e. The van der Waals surface area contributed by atoms with E-state index < -0.39 is 0 Å². The number of hydrogen-bond acceptors (Lipinski definition) is 6. The van der Waals surface area contributed by atoms with E-state index in [0.717, 1.165) is 57.9 Å². The summed E-state index contributed by atoms with van der Waals surface area (Å²) in [5, 5.41) is 5.57. The van der Waals surface area contributed by atoms with Crippen LogP contribution in [0.5, 0.6) is 5.75 Å². The lowest BCUT2D eigenvalue weighted by Gasteiger charge is -2.24. The number of ether oxygens (including phenoxy) is 1. The lowest BCUT2D eigenvalue weighted by molar-refractivity contribution is 0.375. The van der Waals surface area contributed by atoms with E-state index in [1.165, 1.54) is 10.9 Å². The van der Waals surface area contributed by atoms with E-state index >= 15 is 0 Å². The molecule has 6 nitrogen and oxygen atoms in total. The molecule has 1 fully saturated rings. The van der Waals surface area contributed by atoms with Crippen LogP contribution >= 0.6 is 23.7 Å². The van der Waals surface area contributed by atoms with Gasteiger partial charge in [-0.05, 0) is 55.9 Å². The number of benzene rings is 1. The summed E-state index contributed by atoms with van der Waals surface area (Å²) in [5.41, 5.74) is 9.53. The van der Waals surface area contributed by atoms with Crippen LogP contribution in [0.1, 0.15) is 24.4 Å². The van der Waals surface area contributed by atoms with Crippen LogP contribution in [-0.2, 0) is 0 Å². The summed E-state index contributed by atoms with van der Waals surface area (Å²) in [6.45, 7) is 4.15. The number of aryl methyl sites for hydroxylation is 1. The number of thiophene rings is 1. The molecule has 5 rings (SSSR count). The molecule has 3 aromatic heterocycles. The Morgan fingerprint density at radius 3 is 2.76 bits per heavy atom. The fourth-order valence-electron chi connectivity index (χ4n) is 4.21. The molecule has 4 aromatic rings. The third kappa shape index (κ3) is 3.33. The molecule has 1 saturated heterocycles. The predicted molar refractivity (Wildman–Crippen MR) is 122 cm³/mol. The first-order valence-corrected chi connectivity index (χ1v) is 10.4. The fraction of sp³-hybridized carbons (Fsp3) is 0.333. The number of nitrogens with two attached hydrogens (primary N) is 1. The van der Waals surface area contributed by atoms with Crippen LogP contribution in [0.15, 0.2) is 30.7 Å². The Kier molecular flexibility index (Phi) is 5.38. The Morgan fingerprint density at radius 2 is 2.00 bits per heavy atom. The van der Waals surface area contributed by atoms with Gasteiger partial charge < -0.3 is 20.4 Å². The van der Waals surface area contributed by atoms with Crippen LogP contribution in [0, 0.1) is 6.92 Å². The highest BCUT2D eigenvalue weighted by Crippen LogP contribution is 2.43. The topological polar surface area (TPSA) is 78.0 Å². The number of nitrogen functional groups attached to an aromatic ring is 1. The zero-order chi connectivity index (χ0) is 19.3. The van der Waals surface area contributed by atoms with Gasteiger partial charge in [0.25, 0.3) is 0 Å². The first-order chi connectivity index (χ1) is 13.7. The molecule has 0 aliphatic carbocycles. The van der Waals surface area contributed by atoms with Gasteiger partial charge in [-0.2, -0.15) is 0 Å². The number of aromatic nitrogens is 3. The fourth-order valence-corrected chi connectivity index (χ4v) is 5.36. The highest BCUT2D eigenvalue weighted by atomic mass is 35.5. The molecule has 1 aliphatic heterocycles. The van der Waals surface area contributed by atoms with Crippen molar-refractivity contribution in [1.29, 1.82) is 0 Å². The van der Waals surface area contributed by atoms with Gasteiger partial charge in [-0.3, -0.25) is 0 Å². The molecular weight excluding hydrogens is 406 g/mol. The van der Waals surface area contributed by atoms with Gasteiger partial charge >= 0.3 is 0 Å². The molecular formula is C21H24ClN5OS. The number of fused-ring (bicyclic) bond motifs is 2. The Balaban J connectivity index is 0.00000205. The number of rotatable bonds is 3. The van der Waals surface area contributed by atoms with E-state index in [1.54, 1.807) is 24.8 Å². The monoisotopic (exact) mass is 429 g/mol. The largest absolute Gasteiger partial charge is 0.495 e. The second-order valence-corrected chi connectivity index (χ2v) is 8.44. The maximum Gasteiger partial charge on any atom is 0.146 e. The van der Waals surface area contributed by atoms with Gasteiger partial charge in [0.2, 0.25) is 0 Å². The summed E-state index contributed by atoms with van der Waals surface area (Å²) >= 11 is 1.73. The highest BCUT2D eigenvalue weighted by Gasteiger charge is 2.23. The molecule has 152 valence electrons. The van der Waals surface area contributed by atoms with Gasteiger partial charge in [-0.15, -0.1) is 23.7 Å². The minimum atomic E-state index is 0. The van der Waals surface area contributed by atoms with Crippen LogP contribution in [0.2, 0.25) is 0 Å². The molecule has 1 aliphatic rings. The van der Waals surface area contributed by atoms with Crippen LogP contribution < -0.4 is 15.8 Å². The van der Waals surface area contributed by atoms with Gasteiger partial charge in [-0.25, -0.2) is 9.97 Å². The molecule has 0 bridgehead atoms. The van der Waals surface area contributed by atoms with Crippen LogP contribution in [0.3, 0.4) is 0 Å². The number of nitrogens with one attached hydrogen (secondary N) is 1. The van der Waals surface area contributed by atoms with Crippen molar-refractivity contribution in [3.8, 4) is 16.2 Å². The summed E-state index contributed by atoms with van der Waals surface area (Å²) in [4.78, 5) is 10.0. The third-order valence-electron chi connectivity index (χ3n) is 5.55. The summed E-state index contributed by atoms with van der Waals surface area (Å²) in [6, 6.07) is 6.93. The summed E-state index contributed by atoms with van der Waals surface area (Å²) in [7, 11) is 1.72. The second-order valence-electron chi connectivity index (χ2n) is 7.38. The maximum atomic E-state index is 6.31. The van der Waals surface area contributed by atoms with Gasteiger partial charge in [0.15, 0.2) is 0 Å². The molecule has 1 aromatic carbocycles. The van der Waals surface area contributed by atoms with E-state index in [9.17, 15) is 0 Å². The Hall–Kier alpha value is -2.35. The predicted octanol–water partition coefficient (Wildman–Crippen LogP) is 4.56. The van der Waals surface area contributed by atoms with E-state index in [2.05, 4.69) is 51.2 Å². The molecule has 0 radical (unpaired) electrons. The van der Waals surface area contributed by atoms with Crippen LogP contribution in [0.4, 0.5) is 5.82 Å². The zero-order valence-corrected chi connectivity index (χ0v) is 18.1. The molecule has 3 N–H and O–H groups in total. The lowest BCUT2D eigenvalue weighted by Crippen LogP contribution is -2.29. The standard InChI is InChI=1S/C21H23N5OS.ClH/c1-12-7-13-9-17(28-19(13)16(8-12)27-2)15-10-26(14-3-5-23-6-4-14)21-18(15)20(22)24-11-25-21;/h7-11,14,23H,3-6H2,1-2H3,(H2,22,24,25);1H. The average molecular weight is 430 g/mol. The van der Waals surface area contributed by atoms with E-state index in [-0.39, 0.29) is 12.4 Å². The van der Waals surface area contributed by atoms with Crippen molar-refractivity contribution in [2.75, 3.05) is 25.9 Å². The van der Waals surface area contributed by atoms with E-state index in [4.69, 9.17) is 10.5 Å². The molecule has 0 unspecified atom stereocenters. The number of anilines is 1. The van der Waals surface area contributed by atoms with Crippen molar-refractivity contribution < 1.29 is 4.74 Å². The van der Waals surface area contributed by atoms with Crippen molar-refractivity contribution in [2.45, 2.75) is 25.8 Å². The van der Waals surface area contributed by atoms with Gasteiger partial charge in [0.1, 0.15) is 23.5 Å². The zero-order valence-electron chi connectivity index (χ0n) is 16.4. The third-order valence-corrected chi connectivity index (χ3v) is 6.75. The van der Waals surface area contributed by atoms with Crippen molar-refractivity contribution in [2.24, 2.45) is 0 Å². The summed E-state index contributed by atoms with van der Waals surface area (Å²) in [6.07, 6.45) is 5.96. The number of nitrogens with zero attached hydrogens (tertiary/aromatic N) is 3. The Morgan fingerprint density at radius 1 is 1.21 bits per heavy atom. The molecule has 4 heterocycles. The highest BCUT2D eigenvalue weighted by molar-refractivity contribution is 7.22. The van der Waals surface area contributed by atoms with E-state index in [0.29, 0.717) is 11.9 Å². The second kappa shape index (κ2) is 7.82. The van der Waals surface area contributed by atoms with Crippen molar-refractivity contribution >= 4 is 50.7 Å². The van der Waals surface area contributed by atoms with Crippen molar-refractivity contribution in [1.82, 2.24) is 19.9 Å². The molecule has 29 heavy (non-hydrogen) atoms. The Bertz CT molecular complexity index is 1180. The lowest BCUT2D eigenvalue weighted by atomic mass is 10.1. The molecule has 0 saturated carbocycles. The number of piperidine rings is 1. The van der Waals surface area contributed by atoms with Crippen LogP contribution in [0.25, 0.3) is 31.6 Å². The average Bonchev–Trinajstić information content (AvgIpc) is 3.30. The van der Waals surface area contributed by atoms with Crippen LogP contribution in [-0.4, -0.2) is 34.7 Å². The molecule has 0 spiro atoms. The quantitative estimate of drug-likeness (QED) is 0.499. The minimum absolute atomic E-state index is 0. The number of halogens is 1. The van der Waals surface area contributed by atoms with Crippen molar-refractivity contribution in [3.63, 3.8) is 0 Å². The SMILES string of the molecule is COc1cc(C)cc2cc(-c3cn(C4CCNCC4)c4ncnc(N)c34)sc12.Cl. The maximum absolute atomic E-state index is 6.31. The normalized spacial score (nSPS) is 15.0. The molecule has 8 heteroatoms. The van der Waals surface area contributed by atoms with Gasteiger partial charge in [-0.1, -0.05) is 6.07 Å². The van der Waals surface area contributed by atoms with Gasteiger partial charge in [0.05, 0.1) is 17.2 Å². The first-order valence-electron chi connectivity index (χ1n) is 9.56. The Labute approximate surface area is 179 Å².